The normalized spacial score (nSPS) is 10.6. The summed E-state index contributed by atoms with van der Waals surface area (Å²) in [6.07, 6.45) is 3.09. The first-order valence-corrected chi connectivity index (χ1v) is 9.87. The molecule has 0 saturated carbocycles. The minimum absolute atomic E-state index is 0.210. The van der Waals surface area contributed by atoms with Crippen LogP contribution in [-0.4, -0.2) is 33.1 Å². The summed E-state index contributed by atoms with van der Waals surface area (Å²) in [6.45, 7) is 1.94. The van der Waals surface area contributed by atoms with Crippen molar-refractivity contribution in [1.29, 1.82) is 0 Å². The summed E-state index contributed by atoms with van der Waals surface area (Å²) >= 11 is 0. The molecule has 32 heavy (non-hydrogen) atoms. The molecule has 0 aromatic heterocycles. The van der Waals surface area contributed by atoms with Gasteiger partial charge in [-0.15, -0.1) is 0 Å². The molecule has 0 fully saturated rings. The quantitative estimate of drug-likeness (QED) is 0.213. The second kappa shape index (κ2) is 10.3. The summed E-state index contributed by atoms with van der Waals surface area (Å²) in [4.78, 5) is 24.8. The number of benzene rings is 3. The molecular weight excluding hydrogens is 408 g/mol. The molecule has 6 nitrogen and oxygen atoms in total. The van der Waals surface area contributed by atoms with E-state index < -0.39 is 5.97 Å². The molecule has 0 amide bonds. The zero-order valence-corrected chi connectivity index (χ0v) is 18.4. The Labute approximate surface area is 187 Å². The second-order valence-electron chi connectivity index (χ2n) is 6.90. The average molecular weight is 432 g/mol. The zero-order chi connectivity index (χ0) is 23.1. The van der Waals surface area contributed by atoms with E-state index in [9.17, 15) is 9.59 Å². The van der Waals surface area contributed by atoms with E-state index in [-0.39, 0.29) is 5.78 Å². The number of carbonyl (C=O) groups excluding carboxylic acids is 2. The van der Waals surface area contributed by atoms with E-state index >= 15 is 0 Å². The van der Waals surface area contributed by atoms with Gasteiger partial charge in [0.15, 0.2) is 17.3 Å². The van der Waals surface area contributed by atoms with Crippen molar-refractivity contribution in [2.24, 2.45) is 0 Å². The Morgan fingerprint density at radius 3 is 1.94 bits per heavy atom. The highest BCUT2D eigenvalue weighted by atomic mass is 16.5. The largest absolute Gasteiger partial charge is 0.493 e. The number of allylic oxidation sites excluding steroid dienone is 1. The van der Waals surface area contributed by atoms with Crippen molar-refractivity contribution in [1.82, 2.24) is 0 Å². The molecule has 0 saturated heterocycles. The van der Waals surface area contributed by atoms with Gasteiger partial charge in [0.1, 0.15) is 5.75 Å². The van der Waals surface area contributed by atoms with Crippen LogP contribution >= 0.6 is 0 Å². The highest BCUT2D eigenvalue weighted by molar-refractivity contribution is 6.07. The standard InChI is InChI=1S/C26H24O6/c1-17-5-7-20(8-6-17)26(28)32-21-13-9-18(10-14-21)22(27)15-11-19-12-16-23(29-2)25(31-4)24(19)30-3/h5-16H,1-4H3. The van der Waals surface area contributed by atoms with E-state index in [4.69, 9.17) is 18.9 Å². The lowest BCUT2D eigenvalue weighted by Gasteiger charge is -2.13. The van der Waals surface area contributed by atoms with E-state index in [1.54, 1.807) is 54.6 Å². The van der Waals surface area contributed by atoms with Crippen molar-refractivity contribution in [3.63, 3.8) is 0 Å². The van der Waals surface area contributed by atoms with E-state index in [1.807, 2.05) is 19.1 Å². The molecule has 0 aliphatic carbocycles. The maximum absolute atomic E-state index is 12.6. The van der Waals surface area contributed by atoms with Gasteiger partial charge in [-0.25, -0.2) is 4.79 Å². The molecule has 3 rings (SSSR count). The topological polar surface area (TPSA) is 71.1 Å². The lowest BCUT2D eigenvalue weighted by Crippen LogP contribution is -2.08. The van der Waals surface area contributed by atoms with Crippen LogP contribution in [0.4, 0.5) is 0 Å². The van der Waals surface area contributed by atoms with Crippen molar-refractivity contribution in [2.75, 3.05) is 21.3 Å². The first-order chi connectivity index (χ1) is 15.5. The van der Waals surface area contributed by atoms with Crippen LogP contribution in [0.3, 0.4) is 0 Å². The second-order valence-corrected chi connectivity index (χ2v) is 6.90. The highest BCUT2D eigenvalue weighted by Gasteiger charge is 2.15. The number of aryl methyl sites for hydroxylation is 1. The van der Waals surface area contributed by atoms with Gasteiger partial charge in [0.25, 0.3) is 0 Å². The van der Waals surface area contributed by atoms with Crippen LogP contribution in [0.2, 0.25) is 0 Å². The minimum atomic E-state index is -0.454. The molecule has 0 N–H and O–H groups in total. The average Bonchev–Trinajstić information content (AvgIpc) is 2.82. The number of ether oxygens (including phenoxy) is 4. The van der Waals surface area contributed by atoms with Crippen molar-refractivity contribution >= 4 is 17.8 Å². The van der Waals surface area contributed by atoms with Gasteiger partial charge in [-0.05, 0) is 67.6 Å². The Morgan fingerprint density at radius 2 is 1.34 bits per heavy atom. The van der Waals surface area contributed by atoms with Gasteiger partial charge in [-0.2, -0.15) is 0 Å². The van der Waals surface area contributed by atoms with Crippen LogP contribution in [0.25, 0.3) is 6.08 Å². The molecule has 0 radical (unpaired) electrons. The molecule has 0 aliphatic rings. The first kappa shape index (κ1) is 22.6. The van der Waals surface area contributed by atoms with Gasteiger partial charge in [0.2, 0.25) is 5.75 Å². The molecule has 0 aliphatic heterocycles. The van der Waals surface area contributed by atoms with E-state index in [0.29, 0.717) is 39.7 Å². The number of methoxy groups -OCH3 is 3. The van der Waals surface area contributed by atoms with Crippen LogP contribution in [0.1, 0.15) is 31.8 Å². The molecule has 0 bridgehead atoms. The Hall–Kier alpha value is -4.06. The van der Waals surface area contributed by atoms with E-state index in [0.717, 1.165) is 5.56 Å². The predicted molar refractivity (Wildman–Crippen MR) is 122 cm³/mol. The molecule has 3 aromatic carbocycles. The number of ketones is 1. The molecule has 0 atom stereocenters. The predicted octanol–water partition coefficient (Wildman–Crippen LogP) is 5.14. The summed E-state index contributed by atoms with van der Waals surface area (Å²) in [5.41, 5.74) is 2.64. The smallest absolute Gasteiger partial charge is 0.343 e. The Morgan fingerprint density at radius 1 is 0.719 bits per heavy atom. The van der Waals surface area contributed by atoms with Gasteiger partial charge in [0, 0.05) is 11.1 Å². The highest BCUT2D eigenvalue weighted by Crippen LogP contribution is 2.40. The third kappa shape index (κ3) is 5.16. The molecular formula is C26H24O6. The minimum Gasteiger partial charge on any atom is -0.493 e. The van der Waals surface area contributed by atoms with E-state index in [1.165, 1.54) is 27.4 Å². The zero-order valence-electron chi connectivity index (χ0n) is 18.4. The molecule has 6 heteroatoms. The number of rotatable bonds is 8. The molecule has 0 unspecified atom stereocenters. The fraction of sp³-hybridized carbons (Fsp3) is 0.154. The van der Waals surface area contributed by atoms with Crippen LogP contribution in [0.15, 0.2) is 66.7 Å². The first-order valence-electron chi connectivity index (χ1n) is 9.87. The Bertz CT molecular complexity index is 1130. The number of esters is 1. The van der Waals surface area contributed by atoms with Gasteiger partial charge in [0.05, 0.1) is 26.9 Å². The monoisotopic (exact) mass is 432 g/mol. The Balaban J connectivity index is 1.72. The van der Waals surface area contributed by atoms with Gasteiger partial charge in [-0.3, -0.25) is 4.79 Å². The van der Waals surface area contributed by atoms with Crippen LogP contribution in [-0.2, 0) is 0 Å². The number of hydrogen-bond donors (Lipinski definition) is 0. The van der Waals surface area contributed by atoms with Gasteiger partial charge >= 0.3 is 5.97 Å². The maximum Gasteiger partial charge on any atom is 0.343 e. The maximum atomic E-state index is 12.6. The van der Waals surface area contributed by atoms with Crippen molar-refractivity contribution in [2.45, 2.75) is 6.92 Å². The fourth-order valence-electron chi connectivity index (χ4n) is 3.06. The fourth-order valence-corrected chi connectivity index (χ4v) is 3.06. The third-order valence-electron chi connectivity index (χ3n) is 4.79. The SMILES string of the molecule is COc1ccc(C=CC(=O)c2ccc(OC(=O)c3ccc(C)cc3)cc2)c(OC)c1OC. The van der Waals surface area contributed by atoms with Gasteiger partial charge < -0.3 is 18.9 Å². The summed E-state index contributed by atoms with van der Waals surface area (Å²) in [5, 5.41) is 0. The summed E-state index contributed by atoms with van der Waals surface area (Å²) in [7, 11) is 4.58. The lowest BCUT2D eigenvalue weighted by molar-refractivity contribution is 0.0734. The van der Waals surface area contributed by atoms with Crippen LogP contribution in [0, 0.1) is 6.92 Å². The summed E-state index contributed by atoms with van der Waals surface area (Å²) < 4.78 is 21.4. The third-order valence-corrected chi connectivity index (χ3v) is 4.79. The molecule has 0 spiro atoms. The molecule has 0 heterocycles. The molecule has 3 aromatic rings. The van der Waals surface area contributed by atoms with E-state index in [2.05, 4.69) is 0 Å². The van der Waals surface area contributed by atoms with Crippen molar-refractivity contribution < 1.29 is 28.5 Å². The van der Waals surface area contributed by atoms with Crippen LogP contribution in [0.5, 0.6) is 23.0 Å². The summed E-state index contributed by atoms with van der Waals surface area (Å²) in [5.74, 6) is 1.14. The Kier molecular flexibility index (Phi) is 7.29. The molecule has 164 valence electrons. The van der Waals surface area contributed by atoms with Crippen molar-refractivity contribution in [3.05, 3.63) is 89.0 Å². The number of carbonyl (C=O) groups is 2. The summed E-state index contributed by atoms with van der Waals surface area (Å²) in [6, 6.07) is 17.0. The van der Waals surface area contributed by atoms with Crippen LogP contribution < -0.4 is 18.9 Å². The number of hydrogen-bond acceptors (Lipinski definition) is 6. The lowest BCUT2D eigenvalue weighted by atomic mass is 10.1. The van der Waals surface area contributed by atoms with Gasteiger partial charge in [-0.1, -0.05) is 17.7 Å². The van der Waals surface area contributed by atoms with Crippen molar-refractivity contribution in [3.8, 4) is 23.0 Å².